The van der Waals surface area contributed by atoms with E-state index in [0.29, 0.717) is 31.4 Å². The van der Waals surface area contributed by atoms with Crippen molar-refractivity contribution in [2.45, 2.75) is 38.5 Å². The molecule has 10 nitrogen and oxygen atoms in total. The predicted molar refractivity (Wildman–Crippen MR) is 139 cm³/mol. The molecular weight excluding hydrogens is 470 g/mol. The number of benzene rings is 1. The average molecular weight is 502 g/mol. The minimum absolute atomic E-state index is 0.163. The van der Waals surface area contributed by atoms with E-state index >= 15 is 0 Å². The number of aliphatic hydroxyl groups excluding tert-OH is 1. The van der Waals surface area contributed by atoms with Crippen molar-refractivity contribution in [3.63, 3.8) is 0 Å². The number of carbonyl (C=O) groups is 1. The molecule has 37 heavy (non-hydrogen) atoms. The van der Waals surface area contributed by atoms with Crippen LogP contribution < -0.4 is 5.32 Å². The van der Waals surface area contributed by atoms with E-state index in [1.165, 1.54) is 0 Å². The van der Waals surface area contributed by atoms with Gasteiger partial charge in [-0.2, -0.15) is 10.1 Å². The summed E-state index contributed by atoms with van der Waals surface area (Å²) in [6, 6.07) is 7.79. The van der Waals surface area contributed by atoms with E-state index in [-0.39, 0.29) is 17.8 Å². The number of fused-ring (bicyclic) bond motifs is 1. The number of hydrogen-bond acceptors (Lipinski definition) is 8. The van der Waals surface area contributed by atoms with Crippen LogP contribution >= 0.6 is 0 Å². The molecule has 4 heterocycles. The zero-order valence-corrected chi connectivity index (χ0v) is 21.3. The van der Waals surface area contributed by atoms with Gasteiger partial charge in [0.2, 0.25) is 5.95 Å². The lowest BCUT2D eigenvalue weighted by Gasteiger charge is -2.14. The summed E-state index contributed by atoms with van der Waals surface area (Å²) >= 11 is 0. The number of ether oxygens (including phenoxy) is 1. The van der Waals surface area contributed by atoms with Gasteiger partial charge in [0.05, 0.1) is 17.9 Å². The van der Waals surface area contributed by atoms with E-state index < -0.39 is 6.10 Å². The molecule has 1 saturated carbocycles. The van der Waals surface area contributed by atoms with E-state index in [9.17, 15) is 9.90 Å². The molecule has 0 spiro atoms. The molecule has 2 fully saturated rings. The van der Waals surface area contributed by atoms with Gasteiger partial charge in [0.1, 0.15) is 0 Å². The molecule has 10 heteroatoms. The quantitative estimate of drug-likeness (QED) is 0.355. The number of aliphatic hydroxyl groups is 1. The molecule has 6 rings (SSSR count). The maximum Gasteiger partial charge on any atom is 0.229 e. The number of β-amino-alcohol motifs (C(OH)–C–C–N with tert-alkyl or cyclic N) is 1. The van der Waals surface area contributed by atoms with Crippen molar-refractivity contribution in [1.82, 2.24) is 29.2 Å². The Balaban J connectivity index is 1.22. The Morgan fingerprint density at radius 3 is 2.81 bits per heavy atom. The Bertz CT molecular complexity index is 1470. The molecule has 2 unspecified atom stereocenters. The van der Waals surface area contributed by atoms with Gasteiger partial charge in [-0.15, -0.1) is 0 Å². The molecular formula is C27H31N7O3. The highest BCUT2D eigenvalue weighted by Crippen LogP contribution is 2.36. The van der Waals surface area contributed by atoms with Gasteiger partial charge in [-0.3, -0.25) is 9.69 Å². The number of methoxy groups -OCH3 is 1. The first-order chi connectivity index (χ1) is 17.9. The van der Waals surface area contributed by atoms with Gasteiger partial charge in [0, 0.05) is 92.1 Å². The summed E-state index contributed by atoms with van der Waals surface area (Å²) < 4.78 is 9.12. The molecule has 3 aromatic heterocycles. The summed E-state index contributed by atoms with van der Waals surface area (Å²) in [7, 11) is 3.60. The monoisotopic (exact) mass is 501 g/mol. The Morgan fingerprint density at radius 2 is 2.05 bits per heavy atom. The van der Waals surface area contributed by atoms with Crippen LogP contribution in [0.25, 0.3) is 16.7 Å². The minimum Gasteiger partial charge on any atom is -0.389 e. The highest BCUT2D eigenvalue weighted by molar-refractivity contribution is 6.10. The molecule has 0 bridgehead atoms. The number of ketones is 1. The van der Waals surface area contributed by atoms with Gasteiger partial charge in [-0.05, 0) is 38.0 Å². The van der Waals surface area contributed by atoms with E-state index in [2.05, 4.69) is 25.3 Å². The van der Waals surface area contributed by atoms with Crippen molar-refractivity contribution in [1.29, 1.82) is 0 Å². The summed E-state index contributed by atoms with van der Waals surface area (Å²) in [4.78, 5) is 24.0. The van der Waals surface area contributed by atoms with E-state index in [4.69, 9.17) is 4.74 Å². The Morgan fingerprint density at radius 1 is 1.22 bits per heavy atom. The van der Waals surface area contributed by atoms with Gasteiger partial charge >= 0.3 is 0 Å². The Kier molecular flexibility index (Phi) is 6.02. The summed E-state index contributed by atoms with van der Waals surface area (Å²) in [6.45, 7) is 3.91. The fourth-order valence-electron chi connectivity index (χ4n) is 5.10. The van der Waals surface area contributed by atoms with Crippen LogP contribution in [-0.4, -0.2) is 72.5 Å². The van der Waals surface area contributed by atoms with Crippen molar-refractivity contribution in [2.24, 2.45) is 13.0 Å². The van der Waals surface area contributed by atoms with E-state index in [1.807, 2.05) is 55.2 Å². The van der Waals surface area contributed by atoms with Crippen LogP contribution in [0.1, 0.15) is 34.5 Å². The Labute approximate surface area is 214 Å². The number of likely N-dealkylation sites (tertiary alicyclic amines) is 1. The molecule has 4 aromatic rings. The topological polar surface area (TPSA) is 110 Å². The number of nitrogens with one attached hydrogen (secondary N) is 1. The zero-order chi connectivity index (χ0) is 25.7. The predicted octanol–water partition coefficient (Wildman–Crippen LogP) is 2.99. The first-order valence-electron chi connectivity index (χ1n) is 12.6. The third-order valence-electron chi connectivity index (χ3n) is 7.34. The van der Waals surface area contributed by atoms with Gasteiger partial charge in [-0.25, -0.2) is 9.67 Å². The van der Waals surface area contributed by atoms with Crippen molar-refractivity contribution < 1.29 is 14.6 Å². The van der Waals surface area contributed by atoms with Crippen molar-refractivity contribution in [2.75, 3.05) is 25.5 Å². The molecule has 2 atom stereocenters. The summed E-state index contributed by atoms with van der Waals surface area (Å²) in [5.74, 6) is 1.49. The van der Waals surface area contributed by atoms with Crippen molar-refractivity contribution in [3.8, 4) is 5.82 Å². The molecule has 1 aromatic carbocycles. The second kappa shape index (κ2) is 9.37. The third kappa shape index (κ3) is 4.63. The number of nitrogens with zero attached hydrogens (tertiary/aromatic N) is 6. The minimum atomic E-state index is -0.478. The number of rotatable bonds is 8. The number of aryl methyl sites for hydroxylation is 2. The maximum atomic E-state index is 12.8. The largest absolute Gasteiger partial charge is 0.389 e. The number of carbonyl (C=O) groups excluding carboxylic acids is 1. The van der Waals surface area contributed by atoms with Crippen molar-refractivity contribution >= 4 is 28.3 Å². The number of anilines is 2. The van der Waals surface area contributed by atoms with Crippen LogP contribution in [0.15, 0.2) is 42.9 Å². The number of aromatic nitrogens is 5. The Hall–Kier alpha value is -3.60. The summed E-state index contributed by atoms with van der Waals surface area (Å²) in [5.41, 5.74) is 4.59. The normalized spacial score (nSPS) is 20.1. The SMILES string of the molecule is COC1CN(Cc2cn(-c3ccnc(Nc4ccc5c(c4)c(C(=O)C4CC4)cn5C)n3)nc2C)CC1O. The van der Waals surface area contributed by atoms with Crippen LogP contribution in [0, 0.1) is 12.8 Å². The second-order valence-corrected chi connectivity index (χ2v) is 10.1. The molecule has 1 aliphatic heterocycles. The lowest BCUT2D eigenvalue weighted by Crippen LogP contribution is -2.25. The lowest BCUT2D eigenvalue weighted by atomic mass is 10.1. The molecule has 192 valence electrons. The van der Waals surface area contributed by atoms with Crippen molar-refractivity contribution in [3.05, 3.63) is 59.7 Å². The fourth-order valence-corrected chi connectivity index (χ4v) is 5.10. The van der Waals surface area contributed by atoms with E-state index in [0.717, 1.165) is 46.3 Å². The molecule has 2 aliphatic rings. The first kappa shape index (κ1) is 23.8. The van der Waals surface area contributed by atoms with Crippen LogP contribution in [-0.2, 0) is 18.3 Å². The highest BCUT2D eigenvalue weighted by Gasteiger charge is 2.33. The molecule has 1 saturated heterocycles. The summed E-state index contributed by atoms with van der Waals surface area (Å²) in [5, 5.41) is 19.0. The van der Waals surface area contributed by atoms with E-state index in [1.54, 1.807) is 18.0 Å². The van der Waals surface area contributed by atoms with Gasteiger partial charge in [0.15, 0.2) is 11.6 Å². The van der Waals surface area contributed by atoms with Crippen LogP contribution in [0.2, 0.25) is 0 Å². The first-order valence-corrected chi connectivity index (χ1v) is 12.6. The van der Waals surface area contributed by atoms with Crippen LogP contribution in [0.4, 0.5) is 11.6 Å². The van der Waals surface area contributed by atoms with Gasteiger partial charge < -0.3 is 19.7 Å². The standard InChI is InChI=1S/C27H31N7O3/c1-16-18(11-33-14-23(35)24(15-33)37-3)12-34(31-16)25-8-9-28-27(30-25)29-19-6-7-22-20(10-19)21(13-32(22)2)26(36)17-4-5-17/h6-10,12-13,17,23-24,35H,4-5,11,14-15H2,1-3H3,(H,28,29,30). The summed E-state index contributed by atoms with van der Waals surface area (Å²) in [6.07, 6.45) is 6.93. The zero-order valence-electron chi connectivity index (χ0n) is 21.3. The molecule has 1 aliphatic carbocycles. The van der Waals surface area contributed by atoms with Crippen LogP contribution in [0.3, 0.4) is 0 Å². The average Bonchev–Trinajstić information content (AvgIpc) is 3.49. The third-order valence-corrected chi connectivity index (χ3v) is 7.34. The van der Waals surface area contributed by atoms with Gasteiger partial charge in [0.25, 0.3) is 0 Å². The lowest BCUT2D eigenvalue weighted by molar-refractivity contribution is 0.0215. The fraction of sp³-hybridized carbons (Fsp3) is 0.407. The molecule has 0 amide bonds. The smallest absolute Gasteiger partial charge is 0.229 e. The maximum absolute atomic E-state index is 12.8. The molecule has 0 radical (unpaired) electrons. The van der Waals surface area contributed by atoms with Crippen LogP contribution in [0.5, 0.6) is 0 Å². The van der Waals surface area contributed by atoms with Gasteiger partial charge in [-0.1, -0.05) is 0 Å². The number of Topliss-reactive ketones (excluding diaryl/α,β-unsaturated/α-hetero) is 1. The highest BCUT2D eigenvalue weighted by atomic mass is 16.5. The second-order valence-electron chi connectivity index (χ2n) is 10.1. The number of hydrogen-bond donors (Lipinski definition) is 2. The molecule has 2 N–H and O–H groups in total.